The maximum atomic E-state index is 13.0. The van der Waals surface area contributed by atoms with Gasteiger partial charge < -0.3 is 15.0 Å². The van der Waals surface area contributed by atoms with E-state index in [-0.39, 0.29) is 18.4 Å². The molecular weight excluding hydrogens is 400 g/mol. The van der Waals surface area contributed by atoms with Gasteiger partial charge in [-0.05, 0) is 35.7 Å². The SMILES string of the molecule is CNC(=O)[C@@]1(Cc2ccc(-c3cccc(C)c3)cc2)CN(C(=O)c2ccccc2)CCO1. The molecule has 3 aromatic rings. The molecule has 5 nitrogen and oxygen atoms in total. The zero-order valence-corrected chi connectivity index (χ0v) is 18.5. The van der Waals surface area contributed by atoms with Crippen molar-refractivity contribution in [3.63, 3.8) is 0 Å². The van der Waals surface area contributed by atoms with E-state index in [0.717, 1.165) is 16.7 Å². The first-order valence-corrected chi connectivity index (χ1v) is 10.9. The summed E-state index contributed by atoms with van der Waals surface area (Å²) in [6.45, 7) is 3.06. The number of ether oxygens (including phenoxy) is 1. The van der Waals surface area contributed by atoms with Gasteiger partial charge in [0.1, 0.15) is 0 Å². The number of aryl methyl sites for hydroxylation is 1. The zero-order valence-electron chi connectivity index (χ0n) is 18.5. The van der Waals surface area contributed by atoms with Gasteiger partial charge in [0.05, 0.1) is 13.2 Å². The predicted octanol–water partition coefficient (Wildman–Crippen LogP) is 3.86. The topological polar surface area (TPSA) is 58.6 Å². The molecular formula is C27H28N2O3. The predicted molar refractivity (Wildman–Crippen MR) is 125 cm³/mol. The minimum atomic E-state index is -1.12. The first-order chi connectivity index (χ1) is 15.5. The average Bonchev–Trinajstić information content (AvgIpc) is 2.84. The van der Waals surface area contributed by atoms with Crippen molar-refractivity contribution in [3.8, 4) is 11.1 Å². The molecule has 0 aromatic heterocycles. The molecule has 1 fully saturated rings. The maximum Gasteiger partial charge on any atom is 0.254 e. The number of benzene rings is 3. The minimum absolute atomic E-state index is 0.0861. The number of hydrogen-bond donors (Lipinski definition) is 1. The van der Waals surface area contributed by atoms with Crippen molar-refractivity contribution in [3.05, 3.63) is 95.6 Å². The van der Waals surface area contributed by atoms with Crippen LogP contribution in [0.3, 0.4) is 0 Å². The average molecular weight is 429 g/mol. The van der Waals surface area contributed by atoms with Crippen LogP contribution in [-0.2, 0) is 16.0 Å². The Morgan fingerprint density at radius 1 is 0.969 bits per heavy atom. The van der Waals surface area contributed by atoms with Crippen LogP contribution in [-0.4, -0.2) is 49.1 Å². The Morgan fingerprint density at radius 2 is 1.72 bits per heavy atom. The van der Waals surface area contributed by atoms with Crippen molar-refractivity contribution < 1.29 is 14.3 Å². The van der Waals surface area contributed by atoms with Gasteiger partial charge in [-0.2, -0.15) is 0 Å². The number of amides is 2. The van der Waals surface area contributed by atoms with E-state index in [9.17, 15) is 9.59 Å². The quantitative estimate of drug-likeness (QED) is 0.671. The highest BCUT2D eigenvalue weighted by Crippen LogP contribution is 2.27. The molecule has 1 N–H and O–H groups in total. The van der Waals surface area contributed by atoms with E-state index in [4.69, 9.17) is 4.74 Å². The summed E-state index contributed by atoms with van der Waals surface area (Å²) in [5, 5.41) is 2.74. The zero-order chi connectivity index (χ0) is 22.6. The van der Waals surface area contributed by atoms with Crippen LogP contribution in [0.2, 0.25) is 0 Å². The molecule has 164 valence electrons. The van der Waals surface area contributed by atoms with Crippen molar-refractivity contribution >= 4 is 11.8 Å². The third-order valence-electron chi connectivity index (χ3n) is 5.93. The van der Waals surface area contributed by atoms with Gasteiger partial charge in [-0.15, -0.1) is 0 Å². The van der Waals surface area contributed by atoms with E-state index >= 15 is 0 Å². The highest BCUT2D eigenvalue weighted by molar-refractivity contribution is 5.95. The van der Waals surface area contributed by atoms with E-state index in [1.165, 1.54) is 5.56 Å². The van der Waals surface area contributed by atoms with Gasteiger partial charge in [-0.3, -0.25) is 9.59 Å². The summed E-state index contributed by atoms with van der Waals surface area (Å²) in [6.07, 6.45) is 0.388. The van der Waals surface area contributed by atoms with Crippen LogP contribution >= 0.6 is 0 Å². The molecule has 1 atom stereocenters. The Hall–Kier alpha value is -3.44. The van der Waals surface area contributed by atoms with Gasteiger partial charge in [0.15, 0.2) is 5.60 Å². The summed E-state index contributed by atoms with van der Waals surface area (Å²) in [7, 11) is 1.60. The lowest BCUT2D eigenvalue weighted by molar-refractivity contribution is -0.156. The number of likely N-dealkylation sites (N-methyl/N-ethyl adjacent to an activating group) is 1. The number of nitrogens with one attached hydrogen (secondary N) is 1. The van der Waals surface area contributed by atoms with E-state index in [2.05, 4.69) is 42.6 Å². The van der Waals surface area contributed by atoms with Crippen molar-refractivity contribution in [1.82, 2.24) is 10.2 Å². The number of carbonyl (C=O) groups excluding carboxylic acids is 2. The van der Waals surface area contributed by atoms with Crippen molar-refractivity contribution in [1.29, 1.82) is 0 Å². The Labute approximate surface area is 189 Å². The highest BCUT2D eigenvalue weighted by Gasteiger charge is 2.44. The van der Waals surface area contributed by atoms with Crippen LogP contribution < -0.4 is 5.32 Å². The van der Waals surface area contributed by atoms with Crippen LogP contribution in [0.4, 0.5) is 0 Å². The smallest absolute Gasteiger partial charge is 0.254 e. The largest absolute Gasteiger partial charge is 0.361 e. The normalized spacial score (nSPS) is 18.2. The fraction of sp³-hybridized carbons (Fsp3) is 0.259. The monoisotopic (exact) mass is 428 g/mol. The lowest BCUT2D eigenvalue weighted by Crippen LogP contribution is -2.61. The summed E-state index contributed by atoms with van der Waals surface area (Å²) < 4.78 is 6.06. The summed E-state index contributed by atoms with van der Waals surface area (Å²) in [5.41, 5.74) is 3.97. The van der Waals surface area contributed by atoms with Crippen LogP contribution in [0.5, 0.6) is 0 Å². The molecule has 1 saturated heterocycles. The Morgan fingerprint density at radius 3 is 2.41 bits per heavy atom. The summed E-state index contributed by atoms with van der Waals surface area (Å²) in [5.74, 6) is -0.303. The molecule has 0 unspecified atom stereocenters. The van der Waals surface area contributed by atoms with Crippen molar-refractivity contribution in [2.75, 3.05) is 26.7 Å². The molecule has 2 amide bonds. The standard InChI is InChI=1S/C27H28N2O3/c1-20-7-6-10-24(17-20)22-13-11-21(12-14-22)18-27(26(31)28-2)19-29(15-16-32-27)25(30)23-8-4-3-5-9-23/h3-14,17H,15-16,18-19H2,1-2H3,(H,28,31)/t27-/m1/s1. The number of nitrogens with zero attached hydrogens (tertiary/aromatic N) is 1. The third kappa shape index (κ3) is 4.58. The molecule has 32 heavy (non-hydrogen) atoms. The molecule has 1 heterocycles. The molecule has 1 aliphatic heterocycles. The molecule has 0 aliphatic carbocycles. The van der Waals surface area contributed by atoms with Crippen molar-refractivity contribution in [2.45, 2.75) is 18.9 Å². The van der Waals surface area contributed by atoms with Crippen LogP contribution in [0.15, 0.2) is 78.9 Å². The Kier molecular flexibility index (Phi) is 6.37. The van der Waals surface area contributed by atoms with Crippen molar-refractivity contribution in [2.24, 2.45) is 0 Å². The second-order valence-corrected chi connectivity index (χ2v) is 8.26. The summed E-state index contributed by atoms with van der Waals surface area (Å²) in [6, 6.07) is 25.7. The first kappa shape index (κ1) is 21.8. The summed E-state index contributed by atoms with van der Waals surface area (Å²) in [4.78, 5) is 27.7. The van der Waals surface area contributed by atoms with Crippen LogP contribution in [0.25, 0.3) is 11.1 Å². The van der Waals surface area contributed by atoms with Gasteiger partial charge >= 0.3 is 0 Å². The molecule has 0 bridgehead atoms. The summed E-state index contributed by atoms with van der Waals surface area (Å²) >= 11 is 0. The lowest BCUT2D eigenvalue weighted by Gasteiger charge is -2.41. The fourth-order valence-corrected chi connectivity index (χ4v) is 4.24. The molecule has 1 aliphatic rings. The van der Waals surface area contributed by atoms with Gasteiger partial charge in [-0.1, -0.05) is 72.3 Å². The Balaban J connectivity index is 1.57. The molecule has 0 radical (unpaired) electrons. The number of morpholine rings is 1. The van der Waals surface area contributed by atoms with Gasteiger partial charge in [0, 0.05) is 25.6 Å². The number of carbonyl (C=O) groups is 2. The second kappa shape index (κ2) is 9.37. The number of hydrogen-bond acceptors (Lipinski definition) is 3. The van der Waals surface area contributed by atoms with E-state index in [1.807, 2.05) is 36.4 Å². The fourth-order valence-electron chi connectivity index (χ4n) is 4.24. The lowest BCUT2D eigenvalue weighted by atomic mass is 9.90. The number of rotatable bonds is 5. The first-order valence-electron chi connectivity index (χ1n) is 10.9. The van der Waals surface area contributed by atoms with E-state index in [1.54, 1.807) is 24.1 Å². The minimum Gasteiger partial charge on any atom is -0.361 e. The van der Waals surface area contributed by atoms with E-state index in [0.29, 0.717) is 25.1 Å². The Bertz CT molecular complexity index is 1100. The third-order valence-corrected chi connectivity index (χ3v) is 5.93. The highest BCUT2D eigenvalue weighted by atomic mass is 16.5. The van der Waals surface area contributed by atoms with E-state index < -0.39 is 5.60 Å². The maximum absolute atomic E-state index is 13.0. The van der Waals surface area contributed by atoms with Gasteiger partial charge in [-0.25, -0.2) is 0 Å². The molecule has 0 spiro atoms. The molecule has 5 heteroatoms. The molecule has 3 aromatic carbocycles. The van der Waals surface area contributed by atoms with Gasteiger partial charge in [0.2, 0.25) is 0 Å². The molecule has 0 saturated carbocycles. The van der Waals surface area contributed by atoms with Crippen LogP contribution in [0, 0.1) is 6.92 Å². The molecule has 4 rings (SSSR count). The van der Waals surface area contributed by atoms with Crippen LogP contribution in [0.1, 0.15) is 21.5 Å². The van der Waals surface area contributed by atoms with Gasteiger partial charge in [0.25, 0.3) is 11.8 Å². The second-order valence-electron chi connectivity index (χ2n) is 8.26.